The van der Waals surface area contributed by atoms with Crippen molar-refractivity contribution < 1.29 is 18.3 Å². The number of hydrogen-bond acceptors (Lipinski definition) is 2. The van der Waals surface area contributed by atoms with E-state index in [0.717, 1.165) is 22.2 Å². The van der Waals surface area contributed by atoms with Crippen LogP contribution in [-0.4, -0.2) is 11.3 Å². The Hall–Kier alpha value is -1.53. The van der Waals surface area contributed by atoms with Crippen LogP contribution in [0.1, 0.15) is 16.9 Å². The first-order chi connectivity index (χ1) is 12.1. The highest BCUT2D eigenvalue weighted by molar-refractivity contribution is 7.20. The molecule has 0 fully saturated rings. The molecule has 1 nitrogen and oxygen atoms in total. The molecule has 0 aliphatic heterocycles. The molecular formula is C19H13Cl2F3OS. The van der Waals surface area contributed by atoms with E-state index in [1.165, 1.54) is 17.4 Å². The molecule has 3 rings (SSSR count). The highest BCUT2D eigenvalue weighted by atomic mass is 35.5. The topological polar surface area (TPSA) is 20.2 Å². The number of rotatable bonds is 4. The average Bonchev–Trinajstić information content (AvgIpc) is 2.97. The van der Waals surface area contributed by atoms with Gasteiger partial charge in [-0.1, -0.05) is 48.0 Å². The number of hydrogen-bond donors (Lipinski definition) is 1. The van der Waals surface area contributed by atoms with Crippen LogP contribution >= 0.6 is 34.5 Å². The minimum Gasteiger partial charge on any atom is -0.376 e. The fourth-order valence-corrected chi connectivity index (χ4v) is 4.27. The second-order valence-corrected chi connectivity index (χ2v) is 7.90. The first-order valence-electron chi connectivity index (χ1n) is 7.52. The Balaban J connectivity index is 2.02. The number of fused-ring (bicyclic) bond motifs is 1. The van der Waals surface area contributed by atoms with Crippen molar-refractivity contribution in [1.82, 2.24) is 0 Å². The predicted octanol–water partition coefficient (Wildman–Crippen LogP) is 7.06. The van der Waals surface area contributed by atoms with E-state index in [1.54, 1.807) is 6.07 Å². The fraction of sp³-hybridized carbons (Fsp3) is 0.158. The molecule has 1 atom stereocenters. The third-order valence-corrected chi connectivity index (χ3v) is 5.71. The smallest absolute Gasteiger partial charge is 0.376 e. The first kappa shape index (κ1) is 19.2. The summed E-state index contributed by atoms with van der Waals surface area (Å²) in [5.74, 6) is 0. The highest BCUT2D eigenvalue weighted by Gasteiger charge is 2.55. The Labute approximate surface area is 162 Å². The lowest BCUT2D eigenvalue weighted by atomic mass is 9.86. The zero-order valence-electron chi connectivity index (χ0n) is 13.3. The second-order valence-electron chi connectivity index (χ2n) is 5.94. The number of thiophene rings is 1. The minimum absolute atomic E-state index is 0.0163. The third kappa shape index (κ3) is 3.62. The number of aliphatic hydroxyl groups is 1. The normalized spacial score (nSPS) is 14.4. The van der Waals surface area contributed by atoms with Crippen LogP contribution in [0.2, 0.25) is 10.0 Å². The maximum Gasteiger partial charge on any atom is 0.421 e. The molecule has 1 aromatic heterocycles. The van der Waals surface area contributed by atoms with Gasteiger partial charge in [0.05, 0.1) is 0 Å². The van der Waals surface area contributed by atoms with Crippen LogP contribution in [0.4, 0.5) is 13.2 Å². The van der Waals surface area contributed by atoms with Gasteiger partial charge < -0.3 is 5.11 Å². The summed E-state index contributed by atoms with van der Waals surface area (Å²) < 4.78 is 42.2. The van der Waals surface area contributed by atoms with E-state index in [1.807, 2.05) is 24.3 Å². The van der Waals surface area contributed by atoms with Crippen LogP contribution in [0, 0.1) is 0 Å². The van der Waals surface area contributed by atoms with Crippen molar-refractivity contribution in [2.45, 2.75) is 18.2 Å². The summed E-state index contributed by atoms with van der Waals surface area (Å²) in [6, 6.07) is 12.7. The molecule has 1 heterocycles. The van der Waals surface area contributed by atoms with Crippen molar-refractivity contribution in [3.05, 3.63) is 75.6 Å². The van der Waals surface area contributed by atoms with Crippen molar-refractivity contribution in [3.8, 4) is 0 Å². The van der Waals surface area contributed by atoms with Crippen molar-refractivity contribution in [2.75, 3.05) is 0 Å². The quantitative estimate of drug-likeness (QED) is 0.482. The Morgan fingerprint density at radius 1 is 1.04 bits per heavy atom. The summed E-state index contributed by atoms with van der Waals surface area (Å²) in [6.07, 6.45) is -5.65. The molecule has 7 heteroatoms. The summed E-state index contributed by atoms with van der Waals surface area (Å²) in [7, 11) is 0. The fourth-order valence-electron chi connectivity index (χ4n) is 2.71. The van der Waals surface area contributed by atoms with Gasteiger partial charge in [-0.25, -0.2) is 0 Å². The van der Waals surface area contributed by atoms with Crippen molar-refractivity contribution in [1.29, 1.82) is 0 Å². The van der Waals surface area contributed by atoms with E-state index in [9.17, 15) is 18.3 Å². The van der Waals surface area contributed by atoms with Crippen LogP contribution in [0.3, 0.4) is 0 Å². The third-order valence-electron chi connectivity index (χ3n) is 4.05. The minimum atomic E-state index is -4.93. The summed E-state index contributed by atoms with van der Waals surface area (Å²) in [5.41, 5.74) is -3.37. The maximum absolute atomic E-state index is 13.8. The van der Waals surface area contributed by atoms with Crippen LogP contribution in [0.5, 0.6) is 0 Å². The molecule has 0 spiro atoms. The molecule has 1 N–H and O–H groups in total. The van der Waals surface area contributed by atoms with E-state index >= 15 is 0 Å². The van der Waals surface area contributed by atoms with Gasteiger partial charge in [0, 0.05) is 26.0 Å². The Morgan fingerprint density at radius 3 is 2.23 bits per heavy atom. The summed E-state index contributed by atoms with van der Waals surface area (Å²) >= 11 is 13.0. The van der Waals surface area contributed by atoms with E-state index in [4.69, 9.17) is 23.2 Å². The van der Waals surface area contributed by atoms with Gasteiger partial charge in [-0.05, 0) is 46.9 Å². The highest BCUT2D eigenvalue weighted by Crippen LogP contribution is 2.47. The molecule has 2 aromatic carbocycles. The molecule has 0 amide bonds. The lowest BCUT2D eigenvalue weighted by Crippen LogP contribution is -2.42. The molecule has 3 aromatic rings. The maximum atomic E-state index is 13.8. The molecule has 1 unspecified atom stereocenters. The van der Waals surface area contributed by atoms with Gasteiger partial charge in [0.25, 0.3) is 0 Å². The van der Waals surface area contributed by atoms with Crippen LogP contribution in [0.25, 0.3) is 15.7 Å². The molecule has 0 aliphatic rings. The van der Waals surface area contributed by atoms with Crippen molar-refractivity contribution >= 4 is 50.2 Å². The van der Waals surface area contributed by atoms with E-state index in [2.05, 4.69) is 6.58 Å². The Morgan fingerprint density at radius 2 is 1.65 bits per heavy atom. The molecule has 0 radical (unpaired) electrons. The van der Waals surface area contributed by atoms with E-state index in [-0.39, 0.29) is 15.6 Å². The van der Waals surface area contributed by atoms with Gasteiger partial charge in [0.15, 0.2) is 5.60 Å². The summed E-state index contributed by atoms with van der Waals surface area (Å²) in [6.45, 7) is 3.77. The largest absolute Gasteiger partial charge is 0.421 e. The monoisotopic (exact) mass is 416 g/mol. The molecule has 0 bridgehead atoms. The van der Waals surface area contributed by atoms with Gasteiger partial charge in [-0.3, -0.25) is 0 Å². The summed E-state index contributed by atoms with van der Waals surface area (Å²) in [5, 5.41) is 11.5. The Kier molecular flexibility index (Phi) is 5.10. The van der Waals surface area contributed by atoms with Gasteiger partial charge in [0.2, 0.25) is 0 Å². The van der Waals surface area contributed by atoms with Gasteiger partial charge in [0.1, 0.15) is 0 Å². The van der Waals surface area contributed by atoms with Crippen molar-refractivity contribution in [3.63, 3.8) is 0 Å². The molecular weight excluding hydrogens is 404 g/mol. The number of benzene rings is 2. The zero-order valence-corrected chi connectivity index (χ0v) is 15.6. The molecule has 0 saturated heterocycles. The predicted molar refractivity (Wildman–Crippen MR) is 102 cm³/mol. The van der Waals surface area contributed by atoms with Crippen molar-refractivity contribution in [2.24, 2.45) is 0 Å². The lowest BCUT2D eigenvalue weighted by molar-refractivity contribution is -0.264. The number of alkyl halides is 3. The molecule has 136 valence electrons. The molecule has 26 heavy (non-hydrogen) atoms. The Bertz CT molecular complexity index is 927. The van der Waals surface area contributed by atoms with Crippen LogP contribution in [0.15, 0.2) is 55.1 Å². The van der Waals surface area contributed by atoms with Gasteiger partial charge in [-0.2, -0.15) is 13.2 Å². The van der Waals surface area contributed by atoms with E-state index in [0.29, 0.717) is 4.88 Å². The standard InChI is InChI=1S/C19H13Cl2F3OS/c1-11(17-6-12-4-2-3-5-16(12)26-17)10-18(25,19(22,23)24)13-7-14(20)9-15(21)8-13/h2-9,25H,1,10H2. The SMILES string of the molecule is C=C(CC(O)(c1cc(Cl)cc(Cl)c1)C(F)(F)F)c1cc2ccccc2s1. The summed E-state index contributed by atoms with van der Waals surface area (Å²) in [4.78, 5) is 0.585. The van der Waals surface area contributed by atoms with E-state index < -0.39 is 23.8 Å². The zero-order chi connectivity index (χ0) is 19.1. The van der Waals surface area contributed by atoms with Crippen LogP contribution < -0.4 is 0 Å². The molecule has 0 aliphatic carbocycles. The second kappa shape index (κ2) is 6.89. The van der Waals surface area contributed by atoms with Gasteiger partial charge in [-0.15, -0.1) is 11.3 Å². The first-order valence-corrected chi connectivity index (χ1v) is 9.10. The van der Waals surface area contributed by atoms with Crippen LogP contribution in [-0.2, 0) is 5.60 Å². The van der Waals surface area contributed by atoms with Gasteiger partial charge >= 0.3 is 6.18 Å². The lowest BCUT2D eigenvalue weighted by Gasteiger charge is -2.32. The average molecular weight is 417 g/mol. The number of halogens is 5. The molecule has 0 saturated carbocycles.